The van der Waals surface area contributed by atoms with Crippen LogP contribution in [0.3, 0.4) is 0 Å². The Bertz CT molecular complexity index is 372. The Labute approximate surface area is 103 Å². The first kappa shape index (κ1) is 13.6. The van der Waals surface area contributed by atoms with Crippen LogP contribution in [0.2, 0.25) is 0 Å². The van der Waals surface area contributed by atoms with Gasteiger partial charge in [-0.15, -0.1) is 0 Å². The van der Waals surface area contributed by atoms with Crippen molar-refractivity contribution in [1.82, 2.24) is 0 Å². The highest BCUT2D eigenvalue weighted by atomic mass is 16.1. The Hall–Kier alpha value is -1.44. The van der Waals surface area contributed by atoms with Crippen LogP contribution in [-0.2, 0) is 9.59 Å². The zero-order valence-corrected chi connectivity index (χ0v) is 10.6. The van der Waals surface area contributed by atoms with Gasteiger partial charge in [0.2, 0.25) is 0 Å². The molecule has 2 nitrogen and oxygen atoms in total. The normalized spacial score (nSPS) is 18.1. The number of allylic oxidation sites excluding steroid dienone is 6. The van der Waals surface area contributed by atoms with Crippen molar-refractivity contribution in [3.05, 3.63) is 34.9 Å². The average molecular weight is 232 g/mol. The number of hydrogen-bond acceptors (Lipinski definition) is 2. The third-order valence-electron chi connectivity index (χ3n) is 3.25. The van der Waals surface area contributed by atoms with Crippen LogP contribution >= 0.6 is 0 Å². The molecule has 0 amide bonds. The first-order valence-corrected chi connectivity index (χ1v) is 6.14. The molecule has 0 bridgehead atoms. The van der Waals surface area contributed by atoms with Crippen LogP contribution in [0.5, 0.6) is 0 Å². The summed E-state index contributed by atoms with van der Waals surface area (Å²) in [7, 11) is 0. The first-order valence-electron chi connectivity index (χ1n) is 6.14. The fourth-order valence-corrected chi connectivity index (χ4v) is 1.97. The van der Waals surface area contributed by atoms with Gasteiger partial charge in [-0.2, -0.15) is 0 Å². The van der Waals surface area contributed by atoms with Gasteiger partial charge in [-0.05, 0) is 49.7 Å². The van der Waals surface area contributed by atoms with Gasteiger partial charge < -0.3 is 0 Å². The standard InChI is InChI=1S/C15H20O2/c1-12(10-16)4-3-5-13(2)15-8-6-14(11-17)7-9-15/h4,6,8,10-11,13H,3,5,7,9H2,1-2H3/b12-4+/t13-/m0/s1. The summed E-state index contributed by atoms with van der Waals surface area (Å²) in [6.07, 6.45) is 11.7. The molecule has 0 radical (unpaired) electrons. The molecule has 0 aromatic rings. The van der Waals surface area contributed by atoms with E-state index >= 15 is 0 Å². The number of carbonyl (C=O) groups excluding carboxylic acids is 2. The lowest BCUT2D eigenvalue weighted by atomic mass is 9.88. The third kappa shape index (κ3) is 4.51. The molecule has 0 saturated heterocycles. The van der Waals surface area contributed by atoms with Gasteiger partial charge in [-0.1, -0.05) is 30.7 Å². The maximum atomic E-state index is 10.6. The summed E-state index contributed by atoms with van der Waals surface area (Å²) >= 11 is 0. The predicted molar refractivity (Wildman–Crippen MR) is 69.7 cm³/mol. The summed E-state index contributed by atoms with van der Waals surface area (Å²) in [4.78, 5) is 21.0. The number of hydrogen-bond donors (Lipinski definition) is 0. The minimum atomic E-state index is 0.523. The monoisotopic (exact) mass is 232 g/mol. The Balaban J connectivity index is 2.46. The van der Waals surface area contributed by atoms with Gasteiger partial charge in [-0.25, -0.2) is 0 Å². The molecule has 0 fully saturated rings. The highest BCUT2D eigenvalue weighted by Crippen LogP contribution is 2.26. The molecule has 0 aromatic carbocycles. The second-order valence-electron chi connectivity index (χ2n) is 4.65. The number of rotatable bonds is 6. The molecule has 1 aliphatic carbocycles. The molecule has 92 valence electrons. The van der Waals surface area contributed by atoms with Gasteiger partial charge in [0.15, 0.2) is 0 Å². The Morgan fingerprint density at radius 3 is 2.65 bits per heavy atom. The van der Waals surface area contributed by atoms with Crippen LogP contribution in [-0.4, -0.2) is 12.6 Å². The van der Waals surface area contributed by atoms with E-state index in [4.69, 9.17) is 0 Å². The molecule has 0 N–H and O–H groups in total. The lowest BCUT2D eigenvalue weighted by Gasteiger charge is -2.18. The Kier molecular flexibility index (Phi) is 5.61. The molecule has 0 aromatic heterocycles. The lowest BCUT2D eigenvalue weighted by Crippen LogP contribution is -2.03. The zero-order chi connectivity index (χ0) is 12.7. The van der Waals surface area contributed by atoms with Crippen molar-refractivity contribution in [2.24, 2.45) is 5.92 Å². The fourth-order valence-electron chi connectivity index (χ4n) is 1.97. The molecule has 0 saturated carbocycles. The minimum absolute atomic E-state index is 0.523. The maximum absolute atomic E-state index is 10.6. The molecule has 0 unspecified atom stereocenters. The molecule has 0 heterocycles. The zero-order valence-electron chi connectivity index (χ0n) is 10.6. The highest BCUT2D eigenvalue weighted by Gasteiger charge is 2.11. The van der Waals surface area contributed by atoms with Gasteiger partial charge >= 0.3 is 0 Å². The summed E-state index contributed by atoms with van der Waals surface area (Å²) in [6.45, 7) is 4.03. The summed E-state index contributed by atoms with van der Waals surface area (Å²) in [6, 6.07) is 0. The average Bonchev–Trinajstić information content (AvgIpc) is 2.38. The van der Waals surface area contributed by atoms with E-state index in [1.165, 1.54) is 5.57 Å². The highest BCUT2D eigenvalue weighted by molar-refractivity contribution is 5.74. The molecule has 0 spiro atoms. The summed E-state index contributed by atoms with van der Waals surface area (Å²) < 4.78 is 0. The van der Waals surface area contributed by atoms with Crippen molar-refractivity contribution in [3.8, 4) is 0 Å². The lowest BCUT2D eigenvalue weighted by molar-refractivity contribution is -0.105. The minimum Gasteiger partial charge on any atom is -0.298 e. The largest absolute Gasteiger partial charge is 0.298 e. The Morgan fingerprint density at radius 2 is 2.12 bits per heavy atom. The van der Waals surface area contributed by atoms with E-state index < -0.39 is 0 Å². The smallest absolute Gasteiger partial charge is 0.146 e. The van der Waals surface area contributed by atoms with E-state index in [0.29, 0.717) is 5.92 Å². The summed E-state index contributed by atoms with van der Waals surface area (Å²) in [5.41, 5.74) is 3.10. The van der Waals surface area contributed by atoms with E-state index in [1.54, 1.807) is 0 Å². The van der Waals surface area contributed by atoms with Crippen LogP contribution in [0.1, 0.15) is 39.5 Å². The molecular formula is C15H20O2. The van der Waals surface area contributed by atoms with E-state index in [-0.39, 0.29) is 0 Å². The second kappa shape index (κ2) is 7.00. The molecule has 1 atom stereocenters. The quantitative estimate of drug-likeness (QED) is 0.519. The summed E-state index contributed by atoms with van der Waals surface area (Å²) in [5.74, 6) is 0.523. The van der Waals surface area contributed by atoms with Crippen LogP contribution in [0, 0.1) is 5.92 Å². The van der Waals surface area contributed by atoms with Crippen LogP contribution in [0.25, 0.3) is 0 Å². The third-order valence-corrected chi connectivity index (χ3v) is 3.25. The summed E-state index contributed by atoms with van der Waals surface area (Å²) in [5, 5.41) is 0. The van der Waals surface area contributed by atoms with E-state index in [0.717, 1.165) is 49.4 Å². The van der Waals surface area contributed by atoms with Crippen molar-refractivity contribution in [1.29, 1.82) is 0 Å². The maximum Gasteiger partial charge on any atom is 0.146 e. The van der Waals surface area contributed by atoms with Gasteiger partial charge in [0, 0.05) is 0 Å². The molecular weight excluding hydrogens is 212 g/mol. The van der Waals surface area contributed by atoms with Crippen molar-refractivity contribution in [2.45, 2.75) is 39.5 Å². The van der Waals surface area contributed by atoms with Gasteiger partial charge in [0.25, 0.3) is 0 Å². The number of aldehydes is 2. The van der Waals surface area contributed by atoms with Gasteiger partial charge in [0.1, 0.15) is 12.6 Å². The van der Waals surface area contributed by atoms with Crippen LogP contribution in [0.4, 0.5) is 0 Å². The van der Waals surface area contributed by atoms with E-state index in [1.807, 2.05) is 19.1 Å². The molecule has 17 heavy (non-hydrogen) atoms. The number of carbonyl (C=O) groups is 2. The van der Waals surface area contributed by atoms with Crippen molar-refractivity contribution in [2.75, 3.05) is 0 Å². The predicted octanol–water partition coefficient (Wildman–Crippen LogP) is 3.39. The topological polar surface area (TPSA) is 34.1 Å². The second-order valence-corrected chi connectivity index (χ2v) is 4.65. The Morgan fingerprint density at radius 1 is 1.35 bits per heavy atom. The van der Waals surface area contributed by atoms with Crippen LogP contribution < -0.4 is 0 Å². The molecule has 1 rings (SSSR count). The van der Waals surface area contributed by atoms with Crippen molar-refractivity contribution in [3.63, 3.8) is 0 Å². The van der Waals surface area contributed by atoms with Gasteiger partial charge in [-0.3, -0.25) is 9.59 Å². The molecule has 2 heteroatoms. The van der Waals surface area contributed by atoms with E-state index in [9.17, 15) is 9.59 Å². The van der Waals surface area contributed by atoms with Crippen LogP contribution in [0.15, 0.2) is 34.9 Å². The SMILES string of the molecule is C/C(C=O)=C\CC[C@H](C)C1=CC=C(C=O)CC1. The molecule has 0 aliphatic heterocycles. The molecule has 1 aliphatic rings. The van der Waals surface area contributed by atoms with Crippen molar-refractivity contribution < 1.29 is 9.59 Å². The van der Waals surface area contributed by atoms with Crippen molar-refractivity contribution >= 4 is 12.6 Å². The first-order chi connectivity index (χ1) is 8.17. The fraction of sp³-hybridized carbons (Fsp3) is 0.467. The van der Waals surface area contributed by atoms with E-state index in [2.05, 4.69) is 13.0 Å². The van der Waals surface area contributed by atoms with Gasteiger partial charge in [0.05, 0.1) is 0 Å².